The Morgan fingerprint density at radius 1 is 1.08 bits per heavy atom. The molecule has 0 bridgehead atoms. The summed E-state index contributed by atoms with van der Waals surface area (Å²) in [5, 5.41) is 13.5. The third kappa shape index (κ3) is 2.21. The number of fused-ring (bicyclic) bond motifs is 5. The lowest BCUT2D eigenvalue weighted by atomic mass is 9.47. The molecule has 1 aromatic heterocycles. The molecule has 25 heavy (non-hydrogen) atoms. The molecule has 0 radical (unpaired) electrons. The molecule has 2 fully saturated rings. The summed E-state index contributed by atoms with van der Waals surface area (Å²) in [4.78, 5) is 4.64. The van der Waals surface area contributed by atoms with Crippen LogP contribution in [0, 0.1) is 28.6 Å². The van der Waals surface area contributed by atoms with Crippen LogP contribution in [0.1, 0.15) is 63.8 Å². The number of allylic oxidation sites excluding steroid dienone is 3. The van der Waals surface area contributed by atoms with Crippen LogP contribution in [-0.4, -0.2) is 16.2 Å². The second-order valence-corrected chi connectivity index (χ2v) is 10.2. The molecule has 134 valence electrons. The highest BCUT2D eigenvalue weighted by molar-refractivity contribution is 7.10. The van der Waals surface area contributed by atoms with Crippen LogP contribution < -0.4 is 0 Å². The summed E-state index contributed by atoms with van der Waals surface area (Å²) in [6, 6.07) is 0. The van der Waals surface area contributed by atoms with Crippen LogP contribution in [-0.2, 0) is 0 Å². The van der Waals surface area contributed by atoms with Gasteiger partial charge in [-0.1, -0.05) is 31.6 Å². The Kier molecular flexibility index (Phi) is 3.60. The lowest BCUT2D eigenvalue weighted by Gasteiger charge is -2.57. The van der Waals surface area contributed by atoms with Crippen LogP contribution in [0.5, 0.6) is 0 Å². The zero-order chi connectivity index (χ0) is 17.2. The van der Waals surface area contributed by atoms with E-state index in [0.717, 1.165) is 30.6 Å². The number of nitrogens with zero attached hydrogens (tertiary/aromatic N) is 1. The van der Waals surface area contributed by atoms with Crippen molar-refractivity contribution in [2.45, 2.75) is 64.9 Å². The molecule has 1 aromatic rings. The van der Waals surface area contributed by atoms with E-state index in [2.05, 4.69) is 36.4 Å². The molecule has 1 heterocycles. The highest BCUT2D eigenvalue weighted by Gasteiger charge is 2.57. The lowest BCUT2D eigenvalue weighted by Crippen LogP contribution is -2.49. The third-order valence-electron chi connectivity index (χ3n) is 8.32. The molecule has 0 aliphatic heterocycles. The van der Waals surface area contributed by atoms with Crippen molar-refractivity contribution < 1.29 is 5.11 Å². The van der Waals surface area contributed by atoms with E-state index in [1.165, 1.54) is 42.7 Å². The van der Waals surface area contributed by atoms with Crippen LogP contribution in [0.4, 0.5) is 0 Å². The highest BCUT2D eigenvalue weighted by atomic mass is 32.1. The van der Waals surface area contributed by atoms with E-state index < -0.39 is 0 Å². The molecule has 2 nitrogen and oxygen atoms in total. The Labute approximate surface area is 155 Å². The summed E-state index contributed by atoms with van der Waals surface area (Å²) in [5.74, 6) is 2.38. The maximum Gasteiger partial charge on any atom is 0.119 e. The molecular weight excluding hydrogens is 326 g/mol. The summed E-state index contributed by atoms with van der Waals surface area (Å²) in [6.45, 7) is 5.02. The quantitative estimate of drug-likeness (QED) is 0.679. The highest BCUT2D eigenvalue weighted by Crippen LogP contribution is 2.66. The smallest absolute Gasteiger partial charge is 0.119 e. The Morgan fingerprint density at radius 2 is 1.92 bits per heavy atom. The van der Waals surface area contributed by atoms with E-state index in [1.54, 1.807) is 16.9 Å². The predicted octanol–water partition coefficient (Wildman–Crippen LogP) is 5.46. The molecule has 0 aromatic carbocycles. The molecule has 4 aliphatic rings. The molecule has 6 atom stereocenters. The van der Waals surface area contributed by atoms with E-state index >= 15 is 0 Å². The second-order valence-electron chi connectivity index (χ2n) is 9.30. The zero-order valence-electron chi connectivity index (χ0n) is 15.4. The molecule has 0 saturated heterocycles. The van der Waals surface area contributed by atoms with Gasteiger partial charge in [0.1, 0.15) is 5.01 Å². The predicted molar refractivity (Wildman–Crippen MR) is 103 cm³/mol. The van der Waals surface area contributed by atoms with Gasteiger partial charge < -0.3 is 5.11 Å². The average Bonchev–Trinajstić information content (AvgIpc) is 3.22. The minimum atomic E-state index is -0.102. The first-order valence-electron chi connectivity index (χ1n) is 10.0. The third-order valence-corrected chi connectivity index (χ3v) is 9.13. The van der Waals surface area contributed by atoms with E-state index in [9.17, 15) is 5.11 Å². The molecule has 0 unspecified atom stereocenters. The minimum Gasteiger partial charge on any atom is -0.393 e. The number of hydrogen-bond acceptors (Lipinski definition) is 3. The van der Waals surface area contributed by atoms with Crippen molar-refractivity contribution in [3.63, 3.8) is 0 Å². The van der Waals surface area contributed by atoms with Crippen LogP contribution in [0.3, 0.4) is 0 Å². The average molecular weight is 356 g/mol. The SMILES string of the molecule is C[C@]12CC[C@H](O)CC1=CC[C@@H]1[C@@H]2CC[C@]2(C)C(c3nccs3)=CC[C@@H]12. The van der Waals surface area contributed by atoms with Crippen molar-refractivity contribution in [1.29, 1.82) is 0 Å². The standard InChI is InChI=1S/C22H29NOS/c1-21-9-7-15(24)13-14(21)3-4-16-17-5-6-19(20-23-11-12-25-20)22(17,2)10-8-18(16)21/h3,6,11-12,15-18,24H,4-5,7-10,13H2,1-2H3/t15-,16-,17-,18-,21-,22-/m0/s1. The van der Waals surface area contributed by atoms with Gasteiger partial charge in [0.25, 0.3) is 0 Å². The normalized spacial score (nSPS) is 45.9. The molecule has 2 saturated carbocycles. The van der Waals surface area contributed by atoms with Gasteiger partial charge in [-0.2, -0.15) is 0 Å². The topological polar surface area (TPSA) is 33.1 Å². The number of hydrogen-bond donors (Lipinski definition) is 1. The van der Waals surface area contributed by atoms with Crippen molar-refractivity contribution >= 4 is 16.9 Å². The lowest BCUT2D eigenvalue weighted by molar-refractivity contribution is -0.0238. The summed E-state index contributed by atoms with van der Waals surface area (Å²) in [7, 11) is 0. The zero-order valence-corrected chi connectivity index (χ0v) is 16.2. The van der Waals surface area contributed by atoms with Gasteiger partial charge in [-0.05, 0) is 79.1 Å². The van der Waals surface area contributed by atoms with Gasteiger partial charge in [0, 0.05) is 11.6 Å². The molecule has 3 heteroatoms. The van der Waals surface area contributed by atoms with E-state index in [4.69, 9.17) is 0 Å². The fraction of sp³-hybridized carbons (Fsp3) is 0.682. The summed E-state index contributed by atoms with van der Waals surface area (Å²) in [6.07, 6.45) is 15.1. The van der Waals surface area contributed by atoms with Crippen molar-refractivity contribution in [3.05, 3.63) is 34.3 Å². The van der Waals surface area contributed by atoms with Crippen molar-refractivity contribution in [3.8, 4) is 0 Å². The van der Waals surface area contributed by atoms with Gasteiger partial charge in [0.05, 0.1) is 6.10 Å². The number of aromatic nitrogens is 1. The van der Waals surface area contributed by atoms with Crippen molar-refractivity contribution in [2.24, 2.45) is 28.6 Å². The van der Waals surface area contributed by atoms with Gasteiger partial charge in [-0.15, -0.1) is 11.3 Å². The van der Waals surface area contributed by atoms with Crippen molar-refractivity contribution in [2.75, 3.05) is 0 Å². The van der Waals surface area contributed by atoms with Gasteiger partial charge in [-0.25, -0.2) is 4.98 Å². The Balaban J connectivity index is 1.48. The van der Waals surface area contributed by atoms with E-state index in [-0.39, 0.29) is 6.10 Å². The van der Waals surface area contributed by atoms with Gasteiger partial charge >= 0.3 is 0 Å². The molecule has 1 N–H and O–H groups in total. The minimum absolute atomic E-state index is 0.102. The first-order valence-corrected chi connectivity index (χ1v) is 10.9. The molecule has 5 rings (SSSR count). The molecule has 0 amide bonds. The van der Waals surface area contributed by atoms with Gasteiger partial charge in [0.2, 0.25) is 0 Å². The van der Waals surface area contributed by atoms with Gasteiger partial charge in [0.15, 0.2) is 0 Å². The van der Waals surface area contributed by atoms with Gasteiger partial charge in [-0.3, -0.25) is 0 Å². The number of aliphatic hydroxyl groups is 1. The summed E-state index contributed by atoms with van der Waals surface area (Å²) >= 11 is 1.80. The Bertz CT molecular complexity index is 735. The van der Waals surface area contributed by atoms with Crippen LogP contribution >= 0.6 is 11.3 Å². The number of aliphatic hydroxyl groups excluding tert-OH is 1. The summed E-state index contributed by atoms with van der Waals surface area (Å²) < 4.78 is 0. The first kappa shape index (κ1) is 16.3. The largest absolute Gasteiger partial charge is 0.393 e. The van der Waals surface area contributed by atoms with Crippen LogP contribution in [0.15, 0.2) is 29.3 Å². The first-order chi connectivity index (χ1) is 12.0. The second kappa shape index (κ2) is 5.53. The molecule has 0 spiro atoms. The van der Waals surface area contributed by atoms with Crippen molar-refractivity contribution in [1.82, 2.24) is 4.98 Å². The number of thiazole rings is 1. The molecule has 4 aliphatic carbocycles. The van der Waals surface area contributed by atoms with E-state index in [1.807, 2.05) is 6.20 Å². The van der Waals surface area contributed by atoms with E-state index in [0.29, 0.717) is 10.8 Å². The fourth-order valence-electron chi connectivity index (χ4n) is 6.90. The maximum atomic E-state index is 10.1. The maximum absolute atomic E-state index is 10.1. The fourth-order valence-corrected chi connectivity index (χ4v) is 7.71. The van der Waals surface area contributed by atoms with Crippen LogP contribution in [0.2, 0.25) is 0 Å². The number of rotatable bonds is 1. The Hall–Kier alpha value is -0.930. The Morgan fingerprint density at radius 3 is 2.72 bits per heavy atom. The monoisotopic (exact) mass is 355 g/mol. The summed E-state index contributed by atoms with van der Waals surface area (Å²) in [5.41, 5.74) is 3.76. The molecular formula is C22H29NOS. The van der Waals surface area contributed by atoms with Crippen LogP contribution in [0.25, 0.3) is 5.57 Å².